The minimum atomic E-state index is -0.882. The third kappa shape index (κ3) is 3.46. The van der Waals surface area contributed by atoms with Crippen LogP contribution in [0.1, 0.15) is 18.5 Å². The van der Waals surface area contributed by atoms with Crippen LogP contribution in [0, 0.1) is 0 Å². The molecule has 0 saturated heterocycles. The summed E-state index contributed by atoms with van der Waals surface area (Å²) in [4.78, 5) is 14.9. The molecule has 1 N–H and O–H groups in total. The molecule has 0 aliphatic carbocycles. The summed E-state index contributed by atoms with van der Waals surface area (Å²) in [6.07, 6.45) is 3.40. The molecule has 1 aromatic carbocycles. The predicted octanol–water partition coefficient (Wildman–Crippen LogP) is 3.13. The highest BCUT2D eigenvalue weighted by Gasteiger charge is 2.20. The van der Waals surface area contributed by atoms with Crippen LogP contribution in [0.3, 0.4) is 0 Å². The topological polar surface area (TPSA) is 80.9 Å². The number of nitrogens with zero attached hydrogens (tertiary/aromatic N) is 4. The molecule has 0 saturated carbocycles. The number of hydrogen-bond donors (Lipinski definition) is 1. The Kier molecular flexibility index (Phi) is 4.90. The number of aromatic nitrogens is 4. The summed E-state index contributed by atoms with van der Waals surface area (Å²) >= 11 is 1.17. The standard InChI is InChI=1S/C17H16N4O2S/c1-12(13-5-3-2-4-6-13)21-16(14-7-9-18-10-8-14)19-20-17(21)24-11-15(22)23/h2-10,12H,11H2,1H3,(H,22,23)/t12-/m0/s1. The lowest BCUT2D eigenvalue weighted by atomic mass is 10.1. The second-order valence-corrected chi connectivity index (χ2v) is 6.12. The van der Waals surface area contributed by atoms with Gasteiger partial charge in [0.1, 0.15) is 0 Å². The van der Waals surface area contributed by atoms with Gasteiger partial charge in [0.25, 0.3) is 0 Å². The number of pyridine rings is 1. The Balaban J connectivity index is 2.05. The normalized spacial score (nSPS) is 12.0. The molecule has 0 aliphatic rings. The van der Waals surface area contributed by atoms with Gasteiger partial charge in [-0.15, -0.1) is 10.2 Å². The van der Waals surface area contributed by atoms with Gasteiger partial charge in [-0.2, -0.15) is 0 Å². The Labute approximate surface area is 143 Å². The molecule has 0 bridgehead atoms. The van der Waals surface area contributed by atoms with Crippen molar-refractivity contribution in [2.24, 2.45) is 0 Å². The smallest absolute Gasteiger partial charge is 0.313 e. The molecule has 0 fully saturated rings. The third-order valence-corrected chi connectivity index (χ3v) is 4.52. The molecule has 3 rings (SSSR count). The molecule has 2 aromatic heterocycles. The molecule has 24 heavy (non-hydrogen) atoms. The lowest BCUT2D eigenvalue weighted by Gasteiger charge is -2.18. The van der Waals surface area contributed by atoms with Crippen LogP contribution < -0.4 is 0 Å². The summed E-state index contributed by atoms with van der Waals surface area (Å²) in [5.74, 6) is -0.246. The number of rotatable bonds is 6. The fourth-order valence-electron chi connectivity index (χ4n) is 2.43. The molecule has 0 radical (unpaired) electrons. The average Bonchev–Trinajstić information content (AvgIpc) is 3.04. The number of carboxylic acid groups (broad SMARTS) is 1. The van der Waals surface area contributed by atoms with E-state index in [-0.39, 0.29) is 11.8 Å². The van der Waals surface area contributed by atoms with E-state index in [1.54, 1.807) is 12.4 Å². The van der Waals surface area contributed by atoms with Crippen LogP contribution in [-0.4, -0.2) is 36.6 Å². The highest BCUT2D eigenvalue weighted by atomic mass is 32.2. The van der Waals surface area contributed by atoms with Crippen molar-refractivity contribution in [1.29, 1.82) is 0 Å². The van der Waals surface area contributed by atoms with Gasteiger partial charge in [0, 0.05) is 18.0 Å². The lowest BCUT2D eigenvalue weighted by molar-refractivity contribution is -0.133. The first-order valence-corrected chi connectivity index (χ1v) is 8.40. The van der Waals surface area contributed by atoms with E-state index >= 15 is 0 Å². The maximum Gasteiger partial charge on any atom is 0.313 e. The maximum atomic E-state index is 10.9. The monoisotopic (exact) mass is 340 g/mol. The Morgan fingerprint density at radius 2 is 1.88 bits per heavy atom. The van der Waals surface area contributed by atoms with Gasteiger partial charge in [-0.3, -0.25) is 14.3 Å². The zero-order valence-electron chi connectivity index (χ0n) is 13.0. The first kappa shape index (κ1) is 16.2. The Hall–Kier alpha value is -2.67. The van der Waals surface area contributed by atoms with E-state index in [9.17, 15) is 4.79 Å². The fraction of sp³-hybridized carbons (Fsp3) is 0.176. The highest BCUT2D eigenvalue weighted by Crippen LogP contribution is 2.30. The van der Waals surface area contributed by atoms with Crippen LogP contribution in [0.4, 0.5) is 0 Å². The summed E-state index contributed by atoms with van der Waals surface area (Å²) in [6.45, 7) is 2.05. The molecule has 6 nitrogen and oxygen atoms in total. The van der Waals surface area contributed by atoms with Crippen molar-refractivity contribution in [1.82, 2.24) is 19.7 Å². The number of thioether (sulfide) groups is 1. The molecule has 0 aliphatic heterocycles. The van der Waals surface area contributed by atoms with Crippen LogP contribution in [0.2, 0.25) is 0 Å². The van der Waals surface area contributed by atoms with Gasteiger partial charge in [-0.05, 0) is 24.6 Å². The molecule has 0 amide bonds. The van der Waals surface area contributed by atoms with Crippen molar-refractivity contribution in [3.8, 4) is 11.4 Å². The Bertz CT molecular complexity index is 821. The minimum absolute atomic E-state index is 0.0272. The van der Waals surface area contributed by atoms with E-state index in [1.807, 2.05) is 54.0 Å². The maximum absolute atomic E-state index is 10.9. The van der Waals surface area contributed by atoms with Crippen LogP contribution in [-0.2, 0) is 4.79 Å². The van der Waals surface area contributed by atoms with Crippen molar-refractivity contribution >= 4 is 17.7 Å². The molecule has 122 valence electrons. The molecule has 2 heterocycles. The Morgan fingerprint density at radius 3 is 2.54 bits per heavy atom. The highest BCUT2D eigenvalue weighted by molar-refractivity contribution is 7.99. The first-order valence-electron chi connectivity index (χ1n) is 7.41. The van der Waals surface area contributed by atoms with Crippen molar-refractivity contribution < 1.29 is 9.90 Å². The van der Waals surface area contributed by atoms with Crippen LogP contribution in [0.25, 0.3) is 11.4 Å². The molecular weight excluding hydrogens is 324 g/mol. The van der Waals surface area contributed by atoms with Crippen molar-refractivity contribution in [3.05, 3.63) is 60.4 Å². The van der Waals surface area contributed by atoms with E-state index in [1.165, 1.54) is 11.8 Å². The second-order valence-electron chi connectivity index (χ2n) is 5.18. The average molecular weight is 340 g/mol. The van der Waals surface area contributed by atoms with Gasteiger partial charge in [0.15, 0.2) is 11.0 Å². The van der Waals surface area contributed by atoms with Crippen LogP contribution >= 0.6 is 11.8 Å². The van der Waals surface area contributed by atoms with Gasteiger partial charge in [-0.1, -0.05) is 42.1 Å². The fourth-order valence-corrected chi connectivity index (χ4v) is 3.16. The zero-order chi connectivity index (χ0) is 16.9. The van der Waals surface area contributed by atoms with E-state index < -0.39 is 5.97 Å². The van der Waals surface area contributed by atoms with Gasteiger partial charge in [-0.25, -0.2) is 0 Å². The third-order valence-electron chi connectivity index (χ3n) is 3.60. The molecule has 0 unspecified atom stereocenters. The minimum Gasteiger partial charge on any atom is -0.481 e. The Morgan fingerprint density at radius 1 is 1.17 bits per heavy atom. The lowest BCUT2D eigenvalue weighted by Crippen LogP contribution is -2.11. The van der Waals surface area contributed by atoms with Gasteiger partial charge < -0.3 is 5.11 Å². The molecule has 7 heteroatoms. The number of carbonyl (C=O) groups is 1. The van der Waals surface area contributed by atoms with E-state index in [0.717, 1.165) is 11.1 Å². The quantitative estimate of drug-likeness (QED) is 0.694. The van der Waals surface area contributed by atoms with Gasteiger partial charge in [0.2, 0.25) is 0 Å². The number of hydrogen-bond acceptors (Lipinski definition) is 5. The summed E-state index contributed by atoms with van der Waals surface area (Å²) in [5.41, 5.74) is 1.99. The van der Waals surface area contributed by atoms with Crippen molar-refractivity contribution in [2.75, 3.05) is 5.75 Å². The van der Waals surface area contributed by atoms with Crippen LogP contribution in [0.15, 0.2) is 60.0 Å². The number of aliphatic carboxylic acids is 1. The zero-order valence-corrected chi connectivity index (χ0v) is 13.8. The van der Waals surface area contributed by atoms with E-state index in [2.05, 4.69) is 15.2 Å². The van der Waals surface area contributed by atoms with Gasteiger partial charge >= 0.3 is 5.97 Å². The molecule has 3 aromatic rings. The summed E-state index contributed by atoms with van der Waals surface area (Å²) in [6, 6.07) is 13.7. The first-order chi connectivity index (χ1) is 11.7. The number of benzene rings is 1. The summed E-state index contributed by atoms with van der Waals surface area (Å²) < 4.78 is 1.97. The largest absolute Gasteiger partial charge is 0.481 e. The van der Waals surface area contributed by atoms with Crippen molar-refractivity contribution in [2.45, 2.75) is 18.1 Å². The van der Waals surface area contributed by atoms with Gasteiger partial charge in [0.05, 0.1) is 11.8 Å². The predicted molar refractivity (Wildman–Crippen MR) is 91.9 cm³/mol. The summed E-state index contributed by atoms with van der Waals surface area (Å²) in [5, 5.41) is 18.0. The molecule has 0 spiro atoms. The summed E-state index contributed by atoms with van der Waals surface area (Å²) in [7, 11) is 0. The number of carboxylic acids is 1. The van der Waals surface area contributed by atoms with Crippen molar-refractivity contribution in [3.63, 3.8) is 0 Å². The van der Waals surface area contributed by atoms with E-state index in [0.29, 0.717) is 11.0 Å². The molecular formula is C17H16N4O2S. The van der Waals surface area contributed by atoms with E-state index in [4.69, 9.17) is 5.11 Å². The van der Waals surface area contributed by atoms with Crippen LogP contribution in [0.5, 0.6) is 0 Å². The second kappa shape index (κ2) is 7.27. The SMILES string of the molecule is C[C@@H](c1ccccc1)n1c(SCC(=O)O)nnc1-c1ccncc1. The molecule has 1 atom stereocenters.